The third kappa shape index (κ3) is 4.72. The summed E-state index contributed by atoms with van der Waals surface area (Å²) >= 11 is 6.14. The number of likely N-dealkylation sites (N-methyl/N-ethyl adjacent to an activating group) is 1. The Hall–Kier alpha value is -2.02. The number of rotatable bonds is 7. The molecule has 0 spiro atoms. The average molecular weight is 335 g/mol. The summed E-state index contributed by atoms with van der Waals surface area (Å²) in [7, 11) is 3.97. The molecule has 0 bridgehead atoms. The molecule has 0 radical (unpaired) electrons. The smallest absolute Gasteiger partial charge is 0.355 e. The molecule has 0 fully saturated rings. The zero-order valence-corrected chi connectivity index (χ0v) is 13.8. The van der Waals surface area contributed by atoms with Crippen LogP contribution in [0, 0.1) is 0 Å². The first-order chi connectivity index (χ1) is 11.0. The molecule has 2 aromatic rings. The lowest BCUT2D eigenvalue weighted by atomic mass is 10.1. The molecular formula is C16H19ClN4O2. The third-order valence-electron chi connectivity index (χ3n) is 3.22. The lowest BCUT2D eigenvalue weighted by Gasteiger charge is -2.11. The Bertz CT molecular complexity index is 692. The minimum atomic E-state index is -1.10. The molecular weight excluding hydrogens is 316 g/mol. The zero-order chi connectivity index (χ0) is 16.8. The van der Waals surface area contributed by atoms with Gasteiger partial charge in [0.05, 0.1) is 6.54 Å². The summed E-state index contributed by atoms with van der Waals surface area (Å²) in [5.41, 5.74) is 0.983. The van der Waals surface area contributed by atoms with Crippen molar-refractivity contribution < 1.29 is 9.90 Å². The first-order valence-electron chi connectivity index (χ1n) is 7.18. The highest BCUT2D eigenvalue weighted by molar-refractivity contribution is 6.33. The summed E-state index contributed by atoms with van der Waals surface area (Å²) < 4.78 is 0. The molecule has 0 saturated carbocycles. The van der Waals surface area contributed by atoms with Gasteiger partial charge in [0, 0.05) is 35.4 Å². The van der Waals surface area contributed by atoms with Gasteiger partial charge in [-0.25, -0.2) is 14.8 Å². The predicted molar refractivity (Wildman–Crippen MR) is 89.7 cm³/mol. The fraction of sp³-hybridized carbons (Fsp3) is 0.312. The molecule has 7 heteroatoms. The van der Waals surface area contributed by atoms with Crippen LogP contribution in [0.2, 0.25) is 5.02 Å². The molecule has 0 unspecified atom stereocenters. The normalized spacial score (nSPS) is 11.0. The molecule has 0 amide bonds. The molecule has 1 aromatic heterocycles. The summed E-state index contributed by atoms with van der Waals surface area (Å²) in [6.45, 7) is 2.06. The van der Waals surface area contributed by atoms with Crippen LogP contribution in [0.25, 0.3) is 11.1 Å². The number of carbonyl (C=O) groups is 1. The van der Waals surface area contributed by atoms with Crippen LogP contribution in [-0.2, 0) is 6.54 Å². The number of aromatic nitrogens is 2. The number of hydrogen-bond donors (Lipinski definition) is 2. The minimum Gasteiger partial charge on any atom is -0.476 e. The van der Waals surface area contributed by atoms with Crippen LogP contribution >= 0.6 is 11.6 Å². The van der Waals surface area contributed by atoms with E-state index in [0.29, 0.717) is 28.5 Å². The van der Waals surface area contributed by atoms with Crippen molar-refractivity contribution >= 4 is 17.6 Å². The topological polar surface area (TPSA) is 78.4 Å². The van der Waals surface area contributed by atoms with E-state index in [4.69, 9.17) is 11.6 Å². The van der Waals surface area contributed by atoms with E-state index in [-0.39, 0.29) is 5.69 Å². The van der Waals surface area contributed by atoms with Crippen molar-refractivity contribution in [3.63, 3.8) is 0 Å². The van der Waals surface area contributed by atoms with E-state index < -0.39 is 5.97 Å². The molecule has 0 aliphatic heterocycles. The van der Waals surface area contributed by atoms with Gasteiger partial charge in [0.1, 0.15) is 5.82 Å². The standard InChI is InChI=1S/C16H19ClN4O2/c1-21(2)8-7-18-10-14-19-9-12(15(20-14)16(22)23)11-5-3-4-6-13(11)17/h3-6,9,18H,7-8,10H2,1-2H3,(H,22,23). The number of nitrogens with one attached hydrogen (secondary N) is 1. The molecule has 122 valence electrons. The van der Waals surface area contributed by atoms with Crippen LogP contribution in [-0.4, -0.2) is 53.1 Å². The van der Waals surface area contributed by atoms with Crippen LogP contribution < -0.4 is 5.32 Å². The average Bonchev–Trinajstić information content (AvgIpc) is 2.52. The fourth-order valence-corrected chi connectivity index (χ4v) is 2.28. The number of carboxylic acid groups (broad SMARTS) is 1. The van der Waals surface area contributed by atoms with E-state index >= 15 is 0 Å². The highest BCUT2D eigenvalue weighted by Crippen LogP contribution is 2.29. The maximum atomic E-state index is 11.5. The summed E-state index contributed by atoms with van der Waals surface area (Å²) in [5.74, 6) is -0.658. The number of carboxylic acids is 1. The van der Waals surface area contributed by atoms with Crippen LogP contribution in [0.15, 0.2) is 30.5 Å². The highest BCUT2D eigenvalue weighted by Gasteiger charge is 2.17. The number of hydrogen-bond acceptors (Lipinski definition) is 5. The first kappa shape index (κ1) is 17.3. The molecule has 1 heterocycles. The highest BCUT2D eigenvalue weighted by atomic mass is 35.5. The lowest BCUT2D eigenvalue weighted by Crippen LogP contribution is -2.27. The van der Waals surface area contributed by atoms with E-state index in [1.165, 1.54) is 6.20 Å². The van der Waals surface area contributed by atoms with Crippen molar-refractivity contribution in [2.24, 2.45) is 0 Å². The van der Waals surface area contributed by atoms with Gasteiger partial charge in [0.25, 0.3) is 0 Å². The SMILES string of the molecule is CN(C)CCNCc1ncc(-c2ccccc2Cl)c(C(=O)O)n1. The molecule has 23 heavy (non-hydrogen) atoms. The number of halogens is 1. The van der Waals surface area contributed by atoms with Gasteiger partial charge in [0.15, 0.2) is 5.69 Å². The van der Waals surface area contributed by atoms with Crippen molar-refractivity contribution in [1.29, 1.82) is 0 Å². The summed E-state index contributed by atoms with van der Waals surface area (Å²) in [5, 5.41) is 13.1. The Balaban J connectivity index is 2.22. The van der Waals surface area contributed by atoms with E-state index in [1.807, 2.05) is 14.1 Å². The van der Waals surface area contributed by atoms with E-state index in [1.54, 1.807) is 24.3 Å². The van der Waals surface area contributed by atoms with Crippen LogP contribution in [0.1, 0.15) is 16.3 Å². The van der Waals surface area contributed by atoms with Gasteiger partial charge < -0.3 is 15.3 Å². The van der Waals surface area contributed by atoms with Crippen molar-refractivity contribution in [2.75, 3.05) is 27.2 Å². The maximum Gasteiger partial charge on any atom is 0.355 e. The second-order valence-corrected chi connectivity index (χ2v) is 5.72. The summed E-state index contributed by atoms with van der Waals surface area (Å²) in [6.07, 6.45) is 1.51. The number of aromatic carboxylic acids is 1. The molecule has 0 atom stereocenters. The van der Waals surface area contributed by atoms with Gasteiger partial charge in [-0.15, -0.1) is 0 Å². The van der Waals surface area contributed by atoms with E-state index in [2.05, 4.69) is 20.2 Å². The van der Waals surface area contributed by atoms with Crippen molar-refractivity contribution in [3.05, 3.63) is 47.0 Å². The predicted octanol–water partition coefficient (Wildman–Crippen LogP) is 2.15. The van der Waals surface area contributed by atoms with Gasteiger partial charge >= 0.3 is 5.97 Å². The van der Waals surface area contributed by atoms with Crippen molar-refractivity contribution in [1.82, 2.24) is 20.2 Å². The zero-order valence-electron chi connectivity index (χ0n) is 13.1. The van der Waals surface area contributed by atoms with Crippen molar-refractivity contribution in [3.8, 4) is 11.1 Å². The van der Waals surface area contributed by atoms with Gasteiger partial charge in [-0.05, 0) is 20.2 Å². The second-order valence-electron chi connectivity index (χ2n) is 5.31. The largest absolute Gasteiger partial charge is 0.476 e. The van der Waals surface area contributed by atoms with Crippen LogP contribution in [0.5, 0.6) is 0 Å². The Morgan fingerprint density at radius 3 is 2.70 bits per heavy atom. The lowest BCUT2D eigenvalue weighted by molar-refractivity contribution is 0.0691. The Morgan fingerprint density at radius 2 is 2.04 bits per heavy atom. The molecule has 0 saturated heterocycles. The van der Waals surface area contributed by atoms with Gasteiger partial charge in [-0.2, -0.15) is 0 Å². The molecule has 2 N–H and O–H groups in total. The molecule has 6 nitrogen and oxygen atoms in total. The number of nitrogens with zero attached hydrogens (tertiary/aromatic N) is 3. The van der Waals surface area contributed by atoms with Crippen molar-refractivity contribution in [2.45, 2.75) is 6.54 Å². The molecule has 0 aliphatic carbocycles. The van der Waals surface area contributed by atoms with E-state index in [0.717, 1.165) is 13.1 Å². The molecule has 0 aliphatic rings. The van der Waals surface area contributed by atoms with Gasteiger partial charge in [-0.1, -0.05) is 29.8 Å². The summed E-state index contributed by atoms with van der Waals surface area (Å²) in [6, 6.07) is 7.04. The Morgan fingerprint density at radius 1 is 1.30 bits per heavy atom. The fourth-order valence-electron chi connectivity index (χ4n) is 2.05. The first-order valence-corrected chi connectivity index (χ1v) is 7.56. The third-order valence-corrected chi connectivity index (χ3v) is 3.55. The van der Waals surface area contributed by atoms with Crippen LogP contribution in [0.4, 0.5) is 0 Å². The molecule has 1 aromatic carbocycles. The summed E-state index contributed by atoms with van der Waals surface area (Å²) in [4.78, 5) is 22.0. The molecule has 2 rings (SSSR count). The van der Waals surface area contributed by atoms with Gasteiger partial charge in [0.2, 0.25) is 0 Å². The monoisotopic (exact) mass is 334 g/mol. The van der Waals surface area contributed by atoms with Crippen LogP contribution in [0.3, 0.4) is 0 Å². The Labute approximate surface area is 140 Å². The maximum absolute atomic E-state index is 11.5. The second kappa shape index (κ2) is 8.01. The van der Waals surface area contributed by atoms with E-state index in [9.17, 15) is 9.90 Å². The number of benzene rings is 1. The Kier molecular flexibility index (Phi) is 6.04. The van der Waals surface area contributed by atoms with Gasteiger partial charge in [-0.3, -0.25) is 0 Å². The minimum absolute atomic E-state index is 0.0440. The quantitative estimate of drug-likeness (QED) is 0.755.